The summed E-state index contributed by atoms with van der Waals surface area (Å²) in [6.07, 6.45) is 0.365. The van der Waals surface area contributed by atoms with E-state index in [9.17, 15) is 4.57 Å². The molecule has 0 bridgehead atoms. The monoisotopic (exact) mass is 278 g/mol. The average Bonchev–Trinajstić information content (AvgIpc) is 2.42. The van der Waals surface area contributed by atoms with Gasteiger partial charge in [0.1, 0.15) is 5.75 Å². The normalized spacial score (nSPS) is 14.3. The topological polar surface area (TPSA) is 35.5 Å². The molecule has 0 heterocycles. The number of hydrogen-bond donors (Lipinski definition) is 0. The van der Waals surface area contributed by atoms with E-state index in [1.165, 1.54) is 0 Å². The van der Waals surface area contributed by atoms with E-state index in [2.05, 4.69) is 0 Å². The molecule has 0 radical (unpaired) electrons. The van der Waals surface area contributed by atoms with Crippen LogP contribution in [0.3, 0.4) is 0 Å². The predicted octanol–water partition coefficient (Wildman–Crippen LogP) is 4.78. The second kappa shape index (κ2) is 5.77. The Balaban J connectivity index is 2.50. The highest BCUT2D eigenvalue weighted by molar-refractivity contribution is 7.54. The molecule has 1 atom stereocenters. The van der Waals surface area contributed by atoms with E-state index in [4.69, 9.17) is 9.05 Å². The Bertz CT molecular complexity index is 622. The molecule has 0 fully saturated rings. The molecule has 0 aliphatic heterocycles. The molecular formula is C15H19O3P. The van der Waals surface area contributed by atoms with Crippen LogP contribution in [0.25, 0.3) is 10.8 Å². The van der Waals surface area contributed by atoms with Crippen molar-refractivity contribution in [3.8, 4) is 5.75 Å². The largest absolute Gasteiger partial charge is 0.423 e. The van der Waals surface area contributed by atoms with Crippen LogP contribution in [0.15, 0.2) is 36.4 Å². The third-order valence-electron chi connectivity index (χ3n) is 3.02. The number of aryl methyl sites for hydroxylation is 1. The van der Waals surface area contributed by atoms with Crippen molar-refractivity contribution in [2.24, 2.45) is 0 Å². The Morgan fingerprint density at radius 3 is 2.53 bits per heavy atom. The van der Waals surface area contributed by atoms with Gasteiger partial charge in [-0.15, -0.1) is 0 Å². The van der Waals surface area contributed by atoms with Crippen LogP contribution in [0.4, 0.5) is 0 Å². The Labute approximate surface area is 114 Å². The SMILES string of the molecule is CCOP(=O)(CC)Oc1c(C)ccc2ccccc12. The molecule has 19 heavy (non-hydrogen) atoms. The van der Waals surface area contributed by atoms with Gasteiger partial charge in [0, 0.05) is 5.39 Å². The average molecular weight is 278 g/mol. The van der Waals surface area contributed by atoms with Crippen LogP contribution < -0.4 is 4.52 Å². The van der Waals surface area contributed by atoms with Crippen LogP contribution in [0.2, 0.25) is 0 Å². The molecule has 2 aromatic rings. The molecule has 3 nitrogen and oxygen atoms in total. The summed E-state index contributed by atoms with van der Waals surface area (Å²) in [4.78, 5) is 0. The van der Waals surface area contributed by atoms with Crippen LogP contribution in [0, 0.1) is 6.92 Å². The van der Waals surface area contributed by atoms with Crippen molar-refractivity contribution < 1.29 is 13.6 Å². The van der Waals surface area contributed by atoms with Crippen LogP contribution in [-0.2, 0) is 9.09 Å². The van der Waals surface area contributed by atoms with Gasteiger partial charge < -0.3 is 9.05 Å². The van der Waals surface area contributed by atoms with Gasteiger partial charge in [-0.1, -0.05) is 43.3 Å². The van der Waals surface area contributed by atoms with Gasteiger partial charge in [0.2, 0.25) is 0 Å². The summed E-state index contributed by atoms with van der Waals surface area (Å²) in [6, 6.07) is 11.9. The van der Waals surface area contributed by atoms with Crippen molar-refractivity contribution in [1.82, 2.24) is 0 Å². The number of rotatable bonds is 5. The summed E-state index contributed by atoms with van der Waals surface area (Å²) in [5, 5.41) is 2.04. The third-order valence-corrected chi connectivity index (χ3v) is 4.91. The maximum Gasteiger partial charge on any atom is 0.378 e. The van der Waals surface area contributed by atoms with Crippen molar-refractivity contribution in [2.75, 3.05) is 12.8 Å². The van der Waals surface area contributed by atoms with Gasteiger partial charge >= 0.3 is 7.60 Å². The van der Waals surface area contributed by atoms with Crippen LogP contribution in [0.5, 0.6) is 5.75 Å². The smallest absolute Gasteiger partial charge is 0.378 e. The number of hydrogen-bond acceptors (Lipinski definition) is 3. The fraction of sp³-hybridized carbons (Fsp3) is 0.333. The number of benzene rings is 2. The van der Waals surface area contributed by atoms with Gasteiger partial charge in [-0.25, -0.2) is 4.57 Å². The molecule has 0 aliphatic rings. The molecule has 2 aromatic carbocycles. The fourth-order valence-electron chi connectivity index (χ4n) is 1.99. The molecule has 0 N–H and O–H groups in total. The molecule has 2 rings (SSSR count). The summed E-state index contributed by atoms with van der Waals surface area (Å²) < 4.78 is 23.6. The Morgan fingerprint density at radius 2 is 1.84 bits per heavy atom. The van der Waals surface area contributed by atoms with Gasteiger partial charge in [0.25, 0.3) is 0 Å². The molecule has 0 aromatic heterocycles. The van der Waals surface area contributed by atoms with Gasteiger partial charge in [-0.2, -0.15) is 0 Å². The van der Waals surface area contributed by atoms with E-state index < -0.39 is 7.60 Å². The first-order valence-corrected chi connectivity index (χ1v) is 8.24. The summed E-state index contributed by atoms with van der Waals surface area (Å²) in [5.41, 5.74) is 0.965. The van der Waals surface area contributed by atoms with Crippen molar-refractivity contribution in [2.45, 2.75) is 20.8 Å². The molecular weight excluding hydrogens is 259 g/mol. The van der Waals surface area contributed by atoms with Crippen LogP contribution in [0.1, 0.15) is 19.4 Å². The molecule has 4 heteroatoms. The molecule has 102 valence electrons. The minimum atomic E-state index is -3.05. The minimum absolute atomic E-state index is 0.365. The highest BCUT2D eigenvalue weighted by Gasteiger charge is 2.24. The minimum Gasteiger partial charge on any atom is -0.423 e. The van der Waals surface area contributed by atoms with E-state index in [1.54, 1.807) is 0 Å². The van der Waals surface area contributed by atoms with E-state index in [1.807, 2.05) is 57.2 Å². The molecule has 1 unspecified atom stereocenters. The zero-order valence-electron chi connectivity index (χ0n) is 11.6. The molecule has 0 amide bonds. The lowest BCUT2D eigenvalue weighted by atomic mass is 10.1. The van der Waals surface area contributed by atoms with E-state index in [-0.39, 0.29) is 0 Å². The van der Waals surface area contributed by atoms with Gasteiger partial charge in [-0.3, -0.25) is 0 Å². The van der Waals surface area contributed by atoms with Crippen molar-refractivity contribution in [3.05, 3.63) is 42.0 Å². The first-order chi connectivity index (χ1) is 9.09. The standard InChI is InChI=1S/C15H19O3P/c1-4-17-19(16,5-2)18-15-12(3)10-11-13-8-6-7-9-14(13)15/h6-11H,4-5H2,1-3H3. The van der Waals surface area contributed by atoms with Crippen molar-refractivity contribution >= 4 is 18.4 Å². The summed E-state index contributed by atoms with van der Waals surface area (Å²) in [7, 11) is -3.05. The summed E-state index contributed by atoms with van der Waals surface area (Å²) in [6.45, 7) is 5.97. The molecule has 0 spiro atoms. The quantitative estimate of drug-likeness (QED) is 0.738. The zero-order chi connectivity index (χ0) is 13.9. The first kappa shape index (κ1) is 14.1. The Kier molecular flexibility index (Phi) is 4.28. The molecule has 0 aliphatic carbocycles. The predicted molar refractivity (Wildman–Crippen MR) is 79.1 cm³/mol. The van der Waals surface area contributed by atoms with Crippen molar-refractivity contribution in [1.29, 1.82) is 0 Å². The maximum atomic E-state index is 12.5. The molecule has 0 saturated carbocycles. The highest BCUT2D eigenvalue weighted by Crippen LogP contribution is 2.50. The van der Waals surface area contributed by atoms with E-state index in [0.29, 0.717) is 18.5 Å². The molecule has 0 saturated heterocycles. The van der Waals surface area contributed by atoms with Crippen molar-refractivity contribution in [3.63, 3.8) is 0 Å². The highest BCUT2D eigenvalue weighted by atomic mass is 31.2. The zero-order valence-corrected chi connectivity index (χ0v) is 12.4. The second-order valence-electron chi connectivity index (χ2n) is 4.37. The fourth-order valence-corrected chi connectivity index (χ4v) is 3.27. The van der Waals surface area contributed by atoms with E-state index in [0.717, 1.165) is 16.3 Å². The Morgan fingerprint density at radius 1 is 1.11 bits per heavy atom. The lowest BCUT2D eigenvalue weighted by Crippen LogP contribution is -2.02. The van der Waals surface area contributed by atoms with Gasteiger partial charge in [-0.05, 0) is 24.8 Å². The second-order valence-corrected chi connectivity index (χ2v) is 6.66. The lowest BCUT2D eigenvalue weighted by Gasteiger charge is -2.19. The van der Waals surface area contributed by atoms with Crippen LogP contribution >= 0.6 is 7.60 Å². The lowest BCUT2D eigenvalue weighted by molar-refractivity contribution is 0.280. The Hall–Kier alpha value is -1.31. The maximum absolute atomic E-state index is 12.5. The summed E-state index contributed by atoms with van der Waals surface area (Å²) in [5.74, 6) is 0.664. The van der Waals surface area contributed by atoms with Gasteiger partial charge in [0.15, 0.2) is 0 Å². The van der Waals surface area contributed by atoms with Crippen LogP contribution in [-0.4, -0.2) is 12.8 Å². The number of fused-ring (bicyclic) bond motifs is 1. The van der Waals surface area contributed by atoms with E-state index >= 15 is 0 Å². The van der Waals surface area contributed by atoms with Gasteiger partial charge in [0.05, 0.1) is 12.8 Å². The first-order valence-electron chi connectivity index (χ1n) is 6.51. The summed E-state index contributed by atoms with van der Waals surface area (Å²) >= 11 is 0. The third kappa shape index (κ3) is 2.99.